The number of unbranched alkanes of at least 4 members (excludes halogenated alkanes) is 49. The van der Waals surface area contributed by atoms with Crippen molar-refractivity contribution in [1.82, 2.24) is 0 Å². The highest BCUT2D eigenvalue weighted by molar-refractivity contribution is 7.47. The summed E-state index contributed by atoms with van der Waals surface area (Å²) in [5, 5.41) is 10.7. The van der Waals surface area contributed by atoms with Crippen LogP contribution in [0, 0.1) is 17.8 Å². The molecule has 606 valence electrons. The van der Waals surface area contributed by atoms with E-state index in [1.807, 2.05) is 0 Å². The van der Waals surface area contributed by atoms with Crippen LogP contribution in [-0.4, -0.2) is 96.7 Å². The Morgan fingerprint density at radius 2 is 0.451 bits per heavy atom. The van der Waals surface area contributed by atoms with Gasteiger partial charge in [-0.2, -0.15) is 0 Å². The van der Waals surface area contributed by atoms with Gasteiger partial charge in [0.2, 0.25) is 0 Å². The molecule has 0 spiro atoms. The third kappa shape index (κ3) is 76.3. The van der Waals surface area contributed by atoms with E-state index in [9.17, 15) is 43.2 Å². The van der Waals surface area contributed by atoms with Gasteiger partial charge in [-0.25, -0.2) is 9.13 Å². The fourth-order valence-electron chi connectivity index (χ4n) is 12.8. The summed E-state index contributed by atoms with van der Waals surface area (Å²) in [5.41, 5.74) is 0. The minimum Gasteiger partial charge on any atom is -0.462 e. The molecule has 102 heavy (non-hydrogen) atoms. The van der Waals surface area contributed by atoms with Gasteiger partial charge in [0, 0.05) is 25.7 Å². The van der Waals surface area contributed by atoms with Crippen LogP contribution in [0.5, 0.6) is 0 Å². The number of aliphatic hydroxyl groups is 1. The summed E-state index contributed by atoms with van der Waals surface area (Å²) in [7, 11) is -9.92. The van der Waals surface area contributed by atoms with Gasteiger partial charge >= 0.3 is 39.5 Å². The molecule has 0 amide bonds. The summed E-state index contributed by atoms with van der Waals surface area (Å²) >= 11 is 0. The minimum atomic E-state index is -4.96. The fourth-order valence-corrected chi connectivity index (χ4v) is 14.4. The van der Waals surface area contributed by atoms with E-state index in [2.05, 4.69) is 48.5 Å². The lowest BCUT2D eigenvalue weighted by Gasteiger charge is -2.21. The number of phosphoric acid groups is 2. The second kappa shape index (κ2) is 73.2. The lowest BCUT2D eigenvalue weighted by atomic mass is 10.0. The number of rotatable bonds is 81. The smallest absolute Gasteiger partial charge is 0.462 e. The summed E-state index contributed by atoms with van der Waals surface area (Å²) in [6.07, 6.45) is 62.5. The fraction of sp³-hybridized carbons (Fsp3) is 0.952. The van der Waals surface area contributed by atoms with Crippen LogP contribution in [0.4, 0.5) is 0 Å². The van der Waals surface area contributed by atoms with E-state index in [1.54, 1.807) is 0 Å². The molecule has 17 nitrogen and oxygen atoms in total. The molecule has 0 aliphatic heterocycles. The predicted molar refractivity (Wildman–Crippen MR) is 418 cm³/mol. The Labute approximate surface area is 626 Å². The molecule has 2 unspecified atom stereocenters. The topological polar surface area (TPSA) is 237 Å². The first-order chi connectivity index (χ1) is 49.2. The van der Waals surface area contributed by atoms with E-state index in [-0.39, 0.29) is 25.7 Å². The summed E-state index contributed by atoms with van der Waals surface area (Å²) in [6, 6.07) is 0. The number of carbonyl (C=O) groups excluding carboxylic acids is 4. The van der Waals surface area contributed by atoms with Crippen LogP contribution in [-0.2, 0) is 65.4 Å². The molecule has 0 aromatic heterocycles. The summed E-state index contributed by atoms with van der Waals surface area (Å²) in [4.78, 5) is 73.1. The Bertz CT molecular complexity index is 1970. The van der Waals surface area contributed by atoms with Crippen LogP contribution in [0.15, 0.2) is 0 Å². The second-order valence-electron chi connectivity index (χ2n) is 31.3. The normalized spacial score (nSPS) is 13.9. The predicted octanol–water partition coefficient (Wildman–Crippen LogP) is 24.9. The molecule has 0 aliphatic carbocycles. The number of aliphatic hydroxyl groups excluding tert-OH is 1. The van der Waals surface area contributed by atoms with Gasteiger partial charge in [-0.05, 0) is 43.4 Å². The van der Waals surface area contributed by atoms with Crippen molar-refractivity contribution >= 4 is 39.5 Å². The zero-order valence-electron chi connectivity index (χ0n) is 67.1. The van der Waals surface area contributed by atoms with E-state index < -0.39 is 97.5 Å². The zero-order valence-corrected chi connectivity index (χ0v) is 68.9. The molecule has 0 heterocycles. The van der Waals surface area contributed by atoms with Crippen molar-refractivity contribution in [2.24, 2.45) is 17.8 Å². The molecule has 0 radical (unpaired) electrons. The molecule has 0 aromatic rings. The van der Waals surface area contributed by atoms with E-state index >= 15 is 0 Å². The SMILES string of the molecule is CCCCCCCCCCCCCCCCC(=O)O[C@H](COC(=O)CCCCCCCCCC(C)C)COP(=O)(O)OC[C@H](O)COP(=O)(O)OC[C@@H](COC(=O)CCCCCCCCCCCCCCCCCCC(C)C)OC(=O)CCCCCCCCCCCCCCCCCCC(C)C. The van der Waals surface area contributed by atoms with Crippen molar-refractivity contribution < 1.29 is 80.2 Å². The van der Waals surface area contributed by atoms with Crippen molar-refractivity contribution in [2.45, 2.75) is 452 Å². The summed E-state index contributed by atoms with van der Waals surface area (Å²) in [6.45, 7) is 12.0. The van der Waals surface area contributed by atoms with E-state index in [4.69, 9.17) is 37.0 Å². The van der Waals surface area contributed by atoms with Crippen molar-refractivity contribution in [3.05, 3.63) is 0 Å². The molecule has 0 saturated carbocycles. The van der Waals surface area contributed by atoms with Crippen molar-refractivity contribution in [3.63, 3.8) is 0 Å². The Hall–Kier alpha value is -1.94. The Morgan fingerprint density at radius 1 is 0.265 bits per heavy atom. The molecular formula is C83H162O17P2. The highest BCUT2D eigenvalue weighted by atomic mass is 31.2. The number of ether oxygens (including phenoxy) is 4. The maximum atomic E-state index is 13.1. The third-order valence-electron chi connectivity index (χ3n) is 19.4. The summed E-state index contributed by atoms with van der Waals surface area (Å²) in [5.74, 6) is 0.219. The number of esters is 4. The highest BCUT2D eigenvalue weighted by Gasteiger charge is 2.30. The van der Waals surface area contributed by atoms with Crippen LogP contribution in [0.25, 0.3) is 0 Å². The Balaban J connectivity index is 5.23. The van der Waals surface area contributed by atoms with Crippen LogP contribution in [0.3, 0.4) is 0 Å². The van der Waals surface area contributed by atoms with E-state index in [0.29, 0.717) is 31.6 Å². The first-order valence-corrected chi connectivity index (χ1v) is 45.8. The van der Waals surface area contributed by atoms with Gasteiger partial charge in [0.1, 0.15) is 19.3 Å². The standard InChI is InChI=1S/C83H162O17P2/c1-8-9-10-11-12-13-14-15-26-32-37-44-52-59-66-83(88)100-79(71-94-81(86)65-58-51-46-39-42-49-56-63-76(6)7)73-98-102(91,92)96-69-77(84)68-95-101(89,90)97-72-78(99-82(87)67-60-53-45-38-33-28-23-19-17-21-25-30-35-41-48-55-62-75(4)5)70-93-80(85)64-57-50-43-36-31-27-22-18-16-20-24-29-34-40-47-54-61-74(2)3/h74-79,84H,8-73H2,1-7H3,(H,89,90)(H,91,92)/t77-,78-,79-/m1/s1. The minimum absolute atomic E-state index is 0.107. The monoisotopic (exact) mass is 1490 g/mol. The van der Waals surface area contributed by atoms with Crippen molar-refractivity contribution in [1.29, 1.82) is 0 Å². The number of hydrogen-bond acceptors (Lipinski definition) is 15. The Kier molecular flexibility index (Phi) is 71.8. The van der Waals surface area contributed by atoms with Gasteiger partial charge in [-0.1, -0.05) is 382 Å². The number of carbonyl (C=O) groups is 4. The van der Waals surface area contributed by atoms with Gasteiger partial charge in [-0.15, -0.1) is 0 Å². The quantitative estimate of drug-likeness (QED) is 0.0222. The van der Waals surface area contributed by atoms with Crippen molar-refractivity contribution in [2.75, 3.05) is 39.6 Å². The molecule has 0 bridgehead atoms. The van der Waals surface area contributed by atoms with Gasteiger partial charge in [0.05, 0.1) is 26.4 Å². The van der Waals surface area contributed by atoms with Crippen molar-refractivity contribution in [3.8, 4) is 0 Å². The van der Waals surface area contributed by atoms with E-state index in [0.717, 1.165) is 108 Å². The van der Waals surface area contributed by atoms with Crippen LogP contribution >= 0.6 is 15.6 Å². The first-order valence-electron chi connectivity index (χ1n) is 42.8. The highest BCUT2D eigenvalue weighted by Crippen LogP contribution is 2.45. The number of hydrogen-bond donors (Lipinski definition) is 3. The Morgan fingerprint density at radius 3 is 0.667 bits per heavy atom. The molecule has 0 aliphatic rings. The average Bonchev–Trinajstić information content (AvgIpc) is 0.954. The van der Waals surface area contributed by atoms with Gasteiger partial charge in [-0.3, -0.25) is 37.3 Å². The van der Waals surface area contributed by atoms with Crippen LogP contribution < -0.4 is 0 Å². The molecule has 5 atom stereocenters. The molecule has 0 fully saturated rings. The van der Waals surface area contributed by atoms with Gasteiger partial charge < -0.3 is 33.8 Å². The second-order valence-corrected chi connectivity index (χ2v) is 34.2. The summed E-state index contributed by atoms with van der Waals surface area (Å²) < 4.78 is 68.8. The lowest BCUT2D eigenvalue weighted by Crippen LogP contribution is -2.30. The third-order valence-corrected chi connectivity index (χ3v) is 21.3. The molecule has 3 N–H and O–H groups in total. The molecule has 19 heteroatoms. The van der Waals surface area contributed by atoms with Crippen LogP contribution in [0.2, 0.25) is 0 Å². The molecule has 0 rings (SSSR count). The maximum Gasteiger partial charge on any atom is 0.472 e. The molecule has 0 aromatic carbocycles. The average molecular weight is 1490 g/mol. The largest absolute Gasteiger partial charge is 0.472 e. The van der Waals surface area contributed by atoms with Gasteiger partial charge in [0.15, 0.2) is 12.2 Å². The lowest BCUT2D eigenvalue weighted by molar-refractivity contribution is -0.161. The van der Waals surface area contributed by atoms with E-state index in [1.165, 1.54) is 238 Å². The zero-order chi connectivity index (χ0) is 75.1. The number of phosphoric ester groups is 2. The molecule has 0 saturated heterocycles. The first kappa shape index (κ1) is 100. The molecular weight excluding hydrogens is 1330 g/mol. The maximum absolute atomic E-state index is 13.1. The van der Waals surface area contributed by atoms with Gasteiger partial charge in [0.25, 0.3) is 0 Å². The van der Waals surface area contributed by atoms with Crippen LogP contribution in [0.1, 0.15) is 434 Å².